The lowest BCUT2D eigenvalue weighted by Gasteiger charge is -2.23. The van der Waals surface area contributed by atoms with E-state index in [1.54, 1.807) is 0 Å². The second-order valence-corrected chi connectivity index (χ2v) is 5.76. The summed E-state index contributed by atoms with van der Waals surface area (Å²) in [7, 11) is 1.92. The van der Waals surface area contributed by atoms with E-state index >= 15 is 0 Å². The van der Waals surface area contributed by atoms with E-state index in [9.17, 15) is 4.79 Å². The van der Waals surface area contributed by atoms with Crippen LogP contribution in [0.5, 0.6) is 0 Å². The number of hydrogen-bond acceptors (Lipinski definition) is 2. The van der Waals surface area contributed by atoms with Crippen LogP contribution in [-0.4, -0.2) is 25.5 Å². The van der Waals surface area contributed by atoms with Gasteiger partial charge in [-0.3, -0.25) is 4.79 Å². The van der Waals surface area contributed by atoms with Crippen molar-refractivity contribution >= 4 is 18.3 Å². The Morgan fingerprint density at radius 3 is 2.58 bits per heavy atom. The molecule has 1 fully saturated rings. The first kappa shape index (κ1) is 18.7. The zero-order valence-electron chi connectivity index (χ0n) is 12.5. The molecule has 0 aromatic rings. The van der Waals surface area contributed by atoms with Gasteiger partial charge in [0.15, 0.2) is 0 Å². The molecule has 1 aliphatic rings. The van der Waals surface area contributed by atoms with E-state index in [-0.39, 0.29) is 18.3 Å². The number of nitrogens with one attached hydrogen (secondary N) is 2. The molecule has 0 aromatic heterocycles. The van der Waals surface area contributed by atoms with Gasteiger partial charge in [0.25, 0.3) is 0 Å². The highest BCUT2D eigenvalue weighted by Gasteiger charge is 2.15. The minimum atomic E-state index is 0. The van der Waals surface area contributed by atoms with Crippen molar-refractivity contribution in [1.82, 2.24) is 10.6 Å². The van der Waals surface area contributed by atoms with Crippen LogP contribution < -0.4 is 10.6 Å². The molecule has 2 N–H and O–H groups in total. The first-order valence-corrected chi connectivity index (χ1v) is 7.66. The van der Waals surface area contributed by atoms with E-state index in [1.807, 2.05) is 7.05 Å². The van der Waals surface area contributed by atoms with Crippen molar-refractivity contribution in [3.63, 3.8) is 0 Å². The number of hydrogen-bond donors (Lipinski definition) is 2. The number of rotatable bonds is 8. The first-order chi connectivity index (χ1) is 8.72. The fourth-order valence-corrected chi connectivity index (χ4v) is 2.81. The summed E-state index contributed by atoms with van der Waals surface area (Å²) in [5.41, 5.74) is 0. The quantitative estimate of drug-likeness (QED) is 0.674. The third-order valence-corrected chi connectivity index (χ3v) is 3.97. The minimum Gasteiger partial charge on any atom is -0.354 e. The lowest BCUT2D eigenvalue weighted by molar-refractivity contribution is -0.121. The van der Waals surface area contributed by atoms with Gasteiger partial charge in [0.1, 0.15) is 0 Å². The van der Waals surface area contributed by atoms with E-state index < -0.39 is 0 Å². The molecule has 0 spiro atoms. The summed E-state index contributed by atoms with van der Waals surface area (Å²) in [4.78, 5) is 11.6. The van der Waals surface area contributed by atoms with Gasteiger partial charge in [0.2, 0.25) is 5.91 Å². The van der Waals surface area contributed by atoms with E-state index in [0.717, 1.165) is 25.3 Å². The lowest BCUT2D eigenvalue weighted by atomic mass is 9.85. The van der Waals surface area contributed by atoms with Crippen LogP contribution in [0, 0.1) is 5.92 Å². The van der Waals surface area contributed by atoms with Gasteiger partial charge in [-0.05, 0) is 45.7 Å². The number of halogens is 1. The third-order valence-electron chi connectivity index (χ3n) is 3.97. The van der Waals surface area contributed by atoms with Gasteiger partial charge in [-0.25, -0.2) is 0 Å². The maximum absolute atomic E-state index is 11.6. The van der Waals surface area contributed by atoms with Crippen LogP contribution in [0.25, 0.3) is 0 Å². The summed E-state index contributed by atoms with van der Waals surface area (Å²) in [6.45, 7) is 3.06. The van der Waals surface area contributed by atoms with Crippen LogP contribution in [0.1, 0.15) is 64.7 Å². The molecule has 3 nitrogen and oxygen atoms in total. The van der Waals surface area contributed by atoms with Crippen LogP contribution in [0.2, 0.25) is 0 Å². The zero-order chi connectivity index (χ0) is 13.2. The Morgan fingerprint density at radius 2 is 1.95 bits per heavy atom. The van der Waals surface area contributed by atoms with Crippen molar-refractivity contribution in [2.75, 3.05) is 13.6 Å². The molecule has 0 radical (unpaired) electrons. The highest BCUT2D eigenvalue weighted by molar-refractivity contribution is 5.85. The molecule has 114 valence electrons. The second-order valence-electron chi connectivity index (χ2n) is 5.76. The van der Waals surface area contributed by atoms with Crippen molar-refractivity contribution in [3.05, 3.63) is 0 Å². The molecule has 19 heavy (non-hydrogen) atoms. The van der Waals surface area contributed by atoms with Gasteiger partial charge in [0.05, 0.1) is 0 Å². The zero-order valence-corrected chi connectivity index (χ0v) is 13.4. The highest BCUT2D eigenvalue weighted by Crippen LogP contribution is 2.27. The molecule has 1 atom stereocenters. The molecule has 1 amide bonds. The number of amides is 1. The molecule has 4 heteroatoms. The SMILES string of the molecule is CNCCCC(=O)NC(C)CCC1CCCCC1.Cl. The van der Waals surface area contributed by atoms with E-state index in [1.165, 1.54) is 38.5 Å². The summed E-state index contributed by atoms with van der Waals surface area (Å²) in [5.74, 6) is 1.13. The van der Waals surface area contributed by atoms with Gasteiger partial charge in [0, 0.05) is 12.5 Å². The van der Waals surface area contributed by atoms with Crippen molar-refractivity contribution < 1.29 is 4.79 Å². The van der Waals surface area contributed by atoms with Gasteiger partial charge in [-0.2, -0.15) is 0 Å². The summed E-state index contributed by atoms with van der Waals surface area (Å²) < 4.78 is 0. The van der Waals surface area contributed by atoms with E-state index in [0.29, 0.717) is 12.5 Å². The first-order valence-electron chi connectivity index (χ1n) is 7.66. The van der Waals surface area contributed by atoms with Gasteiger partial charge in [-0.1, -0.05) is 32.1 Å². The van der Waals surface area contributed by atoms with Crippen LogP contribution in [0.4, 0.5) is 0 Å². The van der Waals surface area contributed by atoms with Gasteiger partial charge < -0.3 is 10.6 Å². The summed E-state index contributed by atoms with van der Waals surface area (Å²) in [5, 5.41) is 6.18. The van der Waals surface area contributed by atoms with Gasteiger partial charge >= 0.3 is 0 Å². The van der Waals surface area contributed by atoms with Crippen LogP contribution in [0.3, 0.4) is 0 Å². The topological polar surface area (TPSA) is 41.1 Å². The summed E-state index contributed by atoms with van der Waals surface area (Å²) in [6.07, 6.45) is 11.1. The Kier molecular flexibility index (Phi) is 11.4. The molecule has 0 aromatic carbocycles. The summed E-state index contributed by atoms with van der Waals surface area (Å²) >= 11 is 0. The van der Waals surface area contributed by atoms with E-state index in [4.69, 9.17) is 0 Å². The molecule has 0 aliphatic heterocycles. The van der Waals surface area contributed by atoms with E-state index in [2.05, 4.69) is 17.6 Å². The number of carbonyl (C=O) groups is 1. The van der Waals surface area contributed by atoms with Crippen molar-refractivity contribution in [1.29, 1.82) is 0 Å². The lowest BCUT2D eigenvalue weighted by Crippen LogP contribution is -2.33. The Balaban J connectivity index is 0.00000324. The maximum atomic E-state index is 11.6. The van der Waals surface area contributed by atoms with Crippen molar-refractivity contribution in [2.24, 2.45) is 5.92 Å². The maximum Gasteiger partial charge on any atom is 0.220 e. The predicted octanol–water partition coefficient (Wildman–Crippen LogP) is 3.27. The molecule has 0 heterocycles. The molecule has 0 saturated heterocycles. The normalized spacial score (nSPS) is 17.6. The predicted molar refractivity (Wildman–Crippen MR) is 83.8 cm³/mol. The Hall–Kier alpha value is -0.280. The molecule has 1 unspecified atom stereocenters. The molecule has 0 bridgehead atoms. The average Bonchev–Trinajstić information content (AvgIpc) is 2.38. The van der Waals surface area contributed by atoms with Crippen molar-refractivity contribution in [2.45, 2.75) is 70.8 Å². The molecule has 1 aliphatic carbocycles. The third kappa shape index (κ3) is 9.28. The molecule has 1 rings (SSSR count). The molecular weight excluding hydrogens is 260 g/mol. The van der Waals surface area contributed by atoms with Crippen LogP contribution >= 0.6 is 12.4 Å². The Morgan fingerprint density at radius 1 is 1.26 bits per heavy atom. The highest BCUT2D eigenvalue weighted by atomic mass is 35.5. The van der Waals surface area contributed by atoms with Crippen LogP contribution in [0.15, 0.2) is 0 Å². The molecule has 1 saturated carbocycles. The van der Waals surface area contributed by atoms with Gasteiger partial charge in [-0.15, -0.1) is 12.4 Å². The smallest absolute Gasteiger partial charge is 0.220 e. The number of carbonyl (C=O) groups excluding carboxylic acids is 1. The minimum absolute atomic E-state index is 0. The second kappa shape index (κ2) is 11.5. The average molecular weight is 291 g/mol. The largest absolute Gasteiger partial charge is 0.354 e. The Labute approximate surface area is 124 Å². The Bertz CT molecular complexity index is 230. The standard InChI is InChI=1S/C15H30N2O.ClH/c1-13(17-15(18)9-6-12-16-2)10-11-14-7-4-3-5-8-14;/h13-14,16H,3-12H2,1-2H3,(H,17,18);1H. The fourth-order valence-electron chi connectivity index (χ4n) is 2.81. The van der Waals surface area contributed by atoms with Crippen LogP contribution in [-0.2, 0) is 4.79 Å². The van der Waals surface area contributed by atoms with Crippen molar-refractivity contribution in [3.8, 4) is 0 Å². The summed E-state index contributed by atoms with van der Waals surface area (Å²) in [6, 6.07) is 0.342. The fraction of sp³-hybridized carbons (Fsp3) is 0.933. The monoisotopic (exact) mass is 290 g/mol. The molecular formula is C15H31ClN2O.